The first-order valence-electron chi connectivity index (χ1n) is 4.09. The third-order valence-electron chi connectivity index (χ3n) is 2.06. The van der Waals surface area contributed by atoms with Crippen molar-refractivity contribution in [1.29, 1.82) is 0 Å². The van der Waals surface area contributed by atoms with E-state index in [1.807, 2.05) is 0 Å². The molecule has 0 saturated heterocycles. The molecule has 0 aromatic heterocycles. The fraction of sp³-hybridized carbons (Fsp3) is 0.875. The Kier molecular flexibility index (Phi) is 3.62. The second-order valence-electron chi connectivity index (χ2n) is 3.15. The van der Waals surface area contributed by atoms with Crippen molar-refractivity contribution in [3.8, 4) is 0 Å². The number of carbonyl (C=O) groups is 1. The highest BCUT2D eigenvalue weighted by Crippen LogP contribution is 2.24. The quantitative estimate of drug-likeness (QED) is 0.570. The van der Waals surface area contributed by atoms with Crippen LogP contribution in [-0.4, -0.2) is 15.9 Å². The van der Waals surface area contributed by atoms with Crippen molar-refractivity contribution >= 4 is 28.5 Å². The number of alkyl halides is 1. The predicted molar refractivity (Wildman–Crippen MR) is 53.9 cm³/mol. The molecule has 0 radical (unpaired) electrons. The highest BCUT2D eigenvalue weighted by Gasteiger charge is 2.18. The molecule has 0 spiro atoms. The van der Waals surface area contributed by atoms with E-state index in [1.165, 1.54) is 12.8 Å². The van der Waals surface area contributed by atoms with Gasteiger partial charge in [0.05, 0.1) is 0 Å². The molecule has 0 aromatic rings. The number of carbonyl (C=O) groups excluding carboxylic acids is 1. The molecule has 1 aliphatic rings. The van der Waals surface area contributed by atoms with Gasteiger partial charge in [-0.2, -0.15) is 0 Å². The summed E-state index contributed by atoms with van der Waals surface area (Å²) in [6.07, 6.45) is 4.83. The fourth-order valence-electron chi connectivity index (χ4n) is 1.48. The maximum Gasteiger partial charge on any atom is 0.217 e. The van der Waals surface area contributed by atoms with Crippen LogP contribution in [-0.2, 0) is 4.79 Å². The van der Waals surface area contributed by atoms with Crippen molar-refractivity contribution < 1.29 is 4.79 Å². The smallest absolute Gasteiger partial charge is 0.217 e. The SMILES string of the molecule is CC(=O)NC1CCC(I)CC1. The lowest BCUT2D eigenvalue weighted by Crippen LogP contribution is -2.36. The molecule has 3 heteroatoms. The summed E-state index contributed by atoms with van der Waals surface area (Å²) >= 11 is 2.49. The standard InChI is InChI=1S/C8H14INO/c1-6(11)10-8-4-2-7(9)3-5-8/h7-8H,2-5H2,1H3,(H,10,11). The van der Waals surface area contributed by atoms with Gasteiger partial charge in [-0.1, -0.05) is 22.6 Å². The number of hydrogen-bond donors (Lipinski definition) is 1. The molecule has 2 nitrogen and oxygen atoms in total. The van der Waals surface area contributed by atoms with E-state index in [0.29, 0.717) is 6.04 Å². The monoisotopic (exact) mass is 267 g/mol. The average Bonchev–Trinajstić information content (AvgIpc) is 1.93. The summed E-state index contributed by atoms with van der Waals surface area (Å²) in [6.45, 7) is 1.59. The van der Waals surface area contributed by atoms with Crippen LogP contribution in [0.15, 0.2) is 0 Å². The Labute approximate surface area is 81.3 Å². The Morgan fingerprint density at radius 3 is 2.36 bits per heavy atom. The molecule has 0 atom stereocenters. The minimum atomic E-state index is 0.113. The van der Waals surface area contributed by atoms with Crippen molar-refractivity contribution in [2.75, 3.05) is 0 Å². The third-order valence-corrected chi connectivity index (χ3v) is 3.31. The third kappa shape index (κ3) is 3.40. The molecular formula is C8H14INO. The number of amides is 1. The molecule has 11 heavy (non-hydrogen) atoms. The van der Waals surface area contributed by atoms with E-state index < -0.39 is 0 Å². The molecule has 1 rings (SSSR count). The van der Waals surface area contributed by atoms with Gasteiger partial charge in [-0.25, -0.2) is 0 Å². The van der Waals surface area contributed by atoms with Crippen LogP contribution in [0.1, 0.15) is 32.6 Å². The van der Waals surface area contributed by atoms with Crippen molar-refractivity contribution in [1.82, 2.24) is 5.32 Å². The number of rotatable bonds is 1. The maximum atomic E-state index is 10.7. The summed E-state index contributed by atoms with van der Waals surface area (Å²) in [4.78, 5) is 10.7. The zero-order valence-electron chi connectivity index (χ0n) is 6.77. The lowest BCUT2D eigenvalue weighted by atomic mass is 9.95. The van der Waals surface area contributed by atoms with Crippen molar-refractivity contribution in [2.45, 2.75) is 42.6 Å². The topological polar surface area (TPSA) is 29.1 Å². The number of halogens is 1. The van der Waals surface area contributed by atoms with Gasteiger partial charge >= 0.3 is 0 Å². The van der Waals surface area contributed by atoms with Gasteiger partial charge in [-0.05, 0) is 25.7 Å². The van der Waals surface area contributed by atoms with E-state index in [0.717, 1.165) is 16.8 Å². The van der Waals surface area contributed by atoms with Crippen molar-refractivity contribution in [3.63, 3.8) is 0 Å². The normalized spacial score (nSPS) is 31.5. The van der Waals surface area contributed by atoms with Gasteiger partial charge in [0.2, 0.25) is 5.91 Å². The predicted octanol–water partition coefficient (Wildman–Crippen LogP) is 1.87. The second kappa shape index (κ2) is 4.28. The molecule has 1 fully saturated rings. The first-order valence-corrected chi connectivity index (χ1v) is 5.34. The van der Waals surface area contributed by atoms with E-state index in [2.05, 4.69) is 27.9 Å². The Morgan fingerprint density at radius 1 is 1.36 bits per heavy atom. The highest BCUT2D eigenvalue weighted by atomic mass is 127. The zero-order chi connectivity index (χ0) is 8.27. The highest BCUT2D eigenvalue weighted by molar-refractivity contribution is 14.1. The van der Waals surface area contributed by atoms with Crippen LogP contribution < -0.4 is 5.32 Å². The number of hydrogen-bond acceptors (Lipinski definition) is 1. The van der Waals surface area contributed by atoms with Crippen LogP contribution in [0.3, 0.4) is 0 Å². The molecule has 1 saturated carbocycles. The maximum absolute atomic E-state index is 10.7. The lowest BCUT2D eigenvalue weighted by molar-refractivity contribution is -0.119. The van der Waals surface area contributed by atoms with Crippen LogP contribution in [0, 0.1) is 0 Å². The molecule has 0 unspecified atom stereocenters. The minimum absolute atomic E-state index is 0.113. The van der Waals surface area contributed by atoms with Gasteiger partial charge in [0.25, 0.3) is 0 Å². The molecular weight excluding hydrogens is 253 g/mol. The Balaban J connectivity index is 2.22. The van der Waals surface area contributed by atoms with E-state index in [4.69, 9.17) is 0 Å². The van der Waals surface area contributed by atoms with E-state index in [9.17, 15) is 4.79 Å². The first kappa shape index (κ1) is 9.29. The number of nitrogens with one attached hydrogen (secondary N) is 1. The van der Waals surface area contributed by atoms with E-state index in [-0.39, 0.29) is 5.91 Å². The van der Waals surface area contributed by atoms with Gasteiger partial charge in [0.15, 0.2) is 0 Å². The largest absolute Gasteiger partial charge is 0.354 e. The van der Waals surface area contributed by atoms with Crippen LogP contribution >= 0.6 is 22.6 Å². The lowest BCUT2D eigenvalue weighted by Gasteiger charge is -2.25. The zero-order valence-corrected chi connectivity index (χ0v) is 8.93. The van der Waals surface area contributed by atoms with Gasteiger partial charge in [-0.15, -0.1) is 0 Å². The molecule has 0 aromatic carbocycles. The second-order valence-corrected chi connectivity index (χ2v) is 4.91. The summed E-state index contributed by atoms with van der Waals surface area (Å²) in [5, 5.41) is 2.96. The first-order chi connectivity index (χ1) is 5.18. The van der Waals surface area contributed by atoms with Crippen LogP contribution in [0.4, 0.5) is 0 Å². The van der Waals surface area contributed by atoms with E-state index >= 15 is 0 Å². The average molecular weight is 267 g/mol. The summed E-state index contributed by atoms with van der Waals surface area (Å²) < 4.78 is 0.831. The summed E-state index contributed by atoms with van der Waals surface area (Å²) in [7, 11) is 0. The molecule has 1 amide bonds. The Morgan fingerprint density at radius 2 is 1.91 bits per heavy atom. The van der Waals surface area contributed by atoms with Crippen LogP contribution in [0.25, 0.3) is 0 Å². The van der Waals surface area contributed by atoms with Crippen LogP contribution in [0.5, 0.6) is 0 Å². The molecule has 0 bridgehead atoms. The van der Waals surface area contributed by atoms with Gasteiger partial charge in [-0.3, -0.25) is 4.79 Å². The Bertz CT molecular complexity index is 141. The summed E-state index contributed by atoms with van der Waals surface area (Å²) in [5.41, 5.74) is 0. The molecule has 64 valence electrons. The molecule has 0 heterocycles. The van der Waals surface area contributed by atoms with Crippen molar-refractivity contribution in [2.24, 2.45) is 0 Å². The van der Waals surface area contributed by atoms with Crippen LogP contribution in [0.2, 0.25) is 0 Å². The molecule has 0 aliphatic heterocycles. The molecule has 1 aliphatic carbocycles. The van der Waals surface area contributed by atoms with Gasteiger partial charge in [0.1, 0.15) is 0 Å². The van der Waals surface area contributed by atoms with Crippen molar-refractivity contribution in [3.05, 3.63) is 0 Å². The van der Waals surface area contributed by atoms with E-state index in [1.54, 1.807) is 6.92 Å². The summed E-state index contributed by atoms with van der Waals surface area (Å²) in [6, 6.07) is 0.457. The molecule has 1 N–H and O–H groups in total. The summed E-state index contributed by atoms with van der Waals surface area (Å²) in [5.74, 6) is 0.113. The minimum Gasteiger partial charge on any atom is -0.354 e. The fourth-order valence-corrected chi connectivity index (χ4v) is 2.20. The van der Waals surface area contributed by atoms with Gasteiger partial charge < -0.3 is 5.32 Å². The van der Waals surface area contributed by atoms with Gasteiger partial charge in [0, 0.05) is 16.9 Å². The Hall–Kier alpha value is 0.200.